The molecule has 0 aromatic rings. The van der Waals surface area contributed by atoms with Gasteiger partial charge in [0.2, 0.25) is 0 Å². The number of hydrogen-bond acceptors (Lipinski definition) is 1. The fourth-order valence-corrected chi connectivity index (χ4v) is 4.33. The van der Waals surface area contributed by atoms with E-state index in [2.05, 4.69) is 0 Å². The normalized spacial score (nSPS) is 22.9. The molecule has 0 bridgehead atoms. The Morgan fingerprint density at radius 1 is 0.765 bits per heavy atom. The van der Waals surface area contributed by atoms with E-state index in [-0.39, 0.29) is 0 Å². The zero-order valence-electron chi connectivity index (χ0n) is 11.5. The van der Waals surface area contributed by atoms with Crippen LogP contribution in [0, 0.1) is 17.8 Å². The van der Waals surface area contributed by atoms with E-state index in [0.717, 1.165) is 24.3 Å². The van der Waals surface area contributed by atoms with Crippen molar-refractivity contribution in [2.45, 2.75) is 77.0 Å². The molecule has 1 nitrogen and oxygen atoms in total. The van der Waals surface area contributed by atoms with Gasteiger partial charge in [0.25, 0.3) is 0 Å². The quantitative estimate of drug-likeness (QED) is 0.648. The van der Waals surface area contributed by atoms with Crippen LogP contribution in [0.5, 0.6) is 0 Å². The van der Waals surface area contributed by atoms with Gasteiger partial charge in [-0.2, -0.15) is 0 Å². The minimum absolute atomic E-state index is 0.886. The Morgan fingerprint density at radius 2 is 1.29 bits per heavy atom. The first-order valence-electron chi connectivity index (χ1n) is 8.12. The molecule has 2 fully saturated rings. The molecular formula is C16H31N. The van der Waals surface area contributed by atoms with Gasteiger partial charge < -0.3 is 5.73 Å². The van der Waals surface area contributed by atoms with Crippen molar-refractivity contribution in [2.75, 3.05) is 6.54 Å². The molecule has 0 aliphatic heterocycles. The van der Waals surface area contributed by atoms with E-state index in [4.69, 9.17) is 5.73 Å². The number of rotatable bonds is 7. The molecule has 0 spiro atoms. The Hall–Kier alpha value is -0.0400. The molecule has 0 atom stereocenters. The number of hydrogen-bond donors (Lipinski definition) is 1. The molecule has 2 rings (SSSR count). The summed E-state index contributed by atoms with van der Waals surface area (Å²) in [5.41, 5.74) is 5.59. The fourth-order valence-electron chi connectivity index (χ4n) is 4.33. The molecule has 100 valence electrons. The molecule has 0 unspecified atom stereocenters. The van der Waals surface area contributed by atoms with E-state index in [1.165, 1.54) is 77.0 Å². The van der Waals surface area contributed by atoms with Gasteiger partial charge >= 0.3 is 0 Å². The van der Waals surface area contributed by atoms with Crippen LogP contribution in [0.1, 0.15) is 77.0 Å². The Balaban J connectivity index is 1.78. The van der Waals surface area contributed by atoms with Crippen LogP contribution < -0.4 is 5.73 Å². The SMILES string of the molecule is NCCCCCC(C1CCCC1)C1CCCC1. The summed E-state index contributed by atoms with van der Waals surface area (Å²) < 4.78 is 0. The summed E-state index contributed by atoms with van der Waals surface area (Å²) in [6, 6.07) is 0. The molecule has 0 saturated heterocycles. The smallest absolute Gasteiger partial charge is 0.00773 e. The Bertz CT molecular complexity index is 174. The maximum absolute atomic E-state index is 5.59. The van der Waals surface area contributed by atoms with Crippen molar-refractivity contribution in [1.82, 2.24) is 0 Å². The maximum atomic E-state index is 5.59. The summed E-state index contributed by atoms with van der Waals surface area (Å²) in [6.07, 6.45) is 17.8. The maximum Gasteiger partial charge on any atom is -0.00773 e. The lowest BCUT2D eigenvalue weighted by Crippen LogP contribution is -2.20. The van der Waals surface area contributed by atoms with Gasteiger partial charge in [0.15, 0.2) is 0 Å². The third-order valence-electron chi connectivity index (χ3n) is 5.25. The van der Waals surface area contributed by atoms with E-state index in [1.807, 2.05) is 0 Å². The van der Waals surface area contributed by atoms with E-state index >= 15 is 0 Å². The minimum Gasteiger partial charge on any atom is -0.330 e. The Labute approximate surface area is 108 Å². The summed E-state index contributed by atoms with van der Waals surface area (Å²) in [5, 5.41) is 0. The second-order valence-electron chi connectivity index (χ2n) is 6.39. The van der Waals surface area contributed by atoms with E-state index in [0.29, 0.717) is 0 Å². The van der Waals surface area contributed by atoms with Crippen LogP contribution in [0.25, 0.3) is 0 Å². The van der Waals surface area contributed by atoms with Crippen molar-refractivity contribution >= 4 is 0 Å². The number of nitrogens with two attached hydrogens (primary N) is 1. The van der Waals surface area contributed by atoms with Crippen LogP contribution in [0.2, 0.25) is 0 Å². The third kappa shape index (κ3) is 3.98. The molecule has 17 heavy (non-hydrogen) atoms. The highest BCUT2D eigenvalue weighted by Crippen LogP contribution is 2.43. The largest absolute Gasteiger partial charge is 0.330 e. The average molecular weight is 237 g/mol. The van der Waals surface area contributed by atoms with Crippen molar-refractivity contribution < 1.29 is 0 Å². The van der Waals surface area contributed by atoms with Crippen LogP contribution >= 0.6 is 0 Å². The highest BCUT2D eigenvalue weighted by atomic mass is 14.5. The molecule has 2 aliphatic carbocycles. The Morgan fingerprint density at radius 3 is 1.76 bits per heavy atom. The standard InChI is InChI=1S/C16H31N/c17-13-7-1-2-12-16(14-8-3-4-9-14)15-10-5-6-11-15/h14-16H,1-13,17H2. The molecule has 2 aliphatic rings. The monoisotopic (exact) mass is 237 g/mol. The molecule has 0 heterocycles. The third-order valence-corrected chi connectivity index (χ3v) is 5.25. The Kier molecular flexibility index (Phi) is 5.84. The van der Waals surface area contributed by atoms with Crippen LogP contribution in [-0.2, 0) is 0 Å². The zero-order valence-corrected chi connectivity index (χ0v) is 11.5. The summed E-state index contributed by atoms with van der Waals surface area (Å²) >= 11 is 0. The lowest BCUT2D eigenvalue weighted by atomic mass is 9.76. The second-order valence-corrected chi connectivity index (χ2v) is 6.39. The first kappa shape index (κ1) is 13.4. The van der Waals surface area contributed by atoms with Gasteiger partial charge in [-0.3, -0.25) is 0 Å². The minimum atomic E-state index is 0.886. The van der Waals surface area contributed by atoms with Gasteiger partial charge in [0, 0.05) is 0 Å². The van der Waals surface area contributed by atoms with Crippen molar-refractivity contribution in [1.29, 1.82) is 0 Å². The highest BCUT2D eigenvalue weighted by molar-refractivity contribution is 4.83. The predicted octanol–water partition coefficient (Wildman–Crippen LogP) is 4.50. The fraction of sp³-hybridized carbons (Fsp3) is 1.00. The van der Waals surface area contributed by atoms with Gasteiger partial charge in [0.1, 0.15) is 0 Å². The topological polar surface area (TPSA) is 26.0 Å². The molecule has 0 radical (unpaired) electrons. The summed E-state index contributed by atoms with van der Waals surface area (Å²) in [6.45, 7) is 0.886. The lowest BCUT2D eigenvalue weighted by molar-refractivity contribution is 0.210. The van der Waals surface area contributed by atoms with Crippen LogP contribution in [0.3, 0.4) is 0 Å². The zero-order chi connectivity index (χ0) is 11.9. The van der Waals surface area contributed by atoms with Crippen LogP contribution in [-0.4, -0.2) is 6.54 Å². The predicted molar refractivity (Wildman–Crippen MR) is 74.9 cm³/mol. The average Bonchev–Trinajstić information content (AvgIpc) is 3.02. The molecule has 0 amide bonds. The number of unbranched alkanes of at least 4 members (excludes halogenated alkanes) is 2. The van der Waals surface area contributed by atoms with Crippen molar-refractivity contribution in [3.8, 4) is 0 Å². The molecule has 0 aromatic carbocycles. The molecule has 1 heteroatoms. The first-order chi connectivity index (χ1) is 8.42. The second kappa shape index (κ2) is 7.41. The molecule has 2 N–H and O–H groups in total. The van der Waals surface area contributed by atoms with Gasteiger partial charge in [-0.1, -0.05) is 64.2 Å². The first-order valence-corrected chi connectivity index (χ1v) is 8.12. The van der Waals surface area contributed by atoms with Crippen molar-refractivity contribution in [3.05, 3.63) is 0 Å². The van der Waals surface area contributed by atoms with Gasteiger partial charge in [-0.25, -0.2) is 0 Å². The van der Waals surface area contributed by atoms with E-state index < -0.39 is 0 Å². The van der Waals surface area contributed by atoms with Gasteiger partial charge in [-0.05, 0) is 37.1 Å². The summed E-state index contributed by atoms with van der Waals surface area (Å²) in [4.78, 5) is 0. The van der Waals surface area contributed by atoms with Crippen molar-refractivity contribution in [2.24, 2.45) is 23.5 Å². The van der Waals surface area contributed by atoms with Crippen LogP contribution in [0.15, 0.2) is 0 Å². The molecular weight excluding hydrogens is 206 g/mol. The van der Waals surface area contributed by atoms with Crippen molar-refractivity contribution in [3.63, 3.8) is 0 Å². The van der Waals surface area contributed by atoms with E-state index in [1.54, 1.807) is 0 Å². The van der Waals surface area contributed by atoms with Gasteiger partial charge in [-0.15, -0.1) is 0 Å². The lowest BCUT2D eigenvalue weighted by Gasteiger charge is -2.29. The van der Waals surface area contributed by atoms with E-state index in [9.17, 15) is 0 Å². The molecule has 2 saturated carbocycles. The highest BCUT2D eigenvalue weighted by Gasteiger charge is 2.32. The van der Waals surface area contributed by atoms with Gasteiger partial charge in [0.05, 0.1) is 0 Å². The summed E-state index contributed by atoms with van der Waals surface area (Å²) in [5.74, 6) is 3.27. The van der Waals surface area contributed by atoms with Crippen LogP contribution in [0.4, 0.5) is 0 Å². The summed E-state index contributed by atoms with van der Waals surface area (Å²) in [7, 11) is 0. The molecule has 0 aromatic heterocycles.